The van der Waals surface area contributed by atoms with Crippen LogP contribution in [0.2, 0.25) is 0 Å². The number of carbonyl (C=O) groups excluding carboxylic acids is 1. The lowest BCUT2D eigenvalue weighted by Gasteiger charge is -2.13. The summed E-state index contributed by atoms with van der Waals surface area (Å²) in [6, 6.07) is 17.6. The number of phenols is 1. The van der Waals surface area contributed by atoms with Gasteiger partial charge in [0.25, 0.3) is 5.91 Å². The lowest BCUT2D eigenvalue weighted by molar-refractivity contribution is -0.138. The molecule has 154 valence electrons. The molecule has 0 saturated carbocycles. The van der Waals surface area contributed by atoms with Crippen molar-refractivity contribution in [3.05, 3.63) is 95.1 Å². The van der Waals surface area contributed by atoms with Gasteiger partial charge in [-0.2, -0.15) is 18.3 Å². The molecule has 2 N–H and O–H groups in total. The van der Waals surface area contributed by atoms with Crippen molar-refractivity contribution in [1.29, 1.82) is 0 Å². The number of ether oxygens (including phenoxy) is 1. The fourth-order valence-corrected chi connectivity index (χ4v) is 2.65. The molecule has 0 aliphatic heterocycles. The third kappa shape index (κ3) is 5.60. The van der Waals surface area contributed by atoms with Gasteiger partial charge in [-0.3, -0.25) is 4.79 Å². The molecule has 3 aromatic carbocycles. The lowest BCUT2D eigenvalue weighted by Crippen LogP contribution is -2.17. The van der Waals surface area contributed by atoms with E-state index >= 15 is 0 Å². The van der Waals surface area contributed by atoms with E-state index in [1.165, 1.54) is 48.7 Å². The number of nitrogens with one attached hydrogen (secondary N) is 1. The van der Waals surface area contributed by atoms with Gasteiger partial charge in [-0.1, -0.05) is 36.4 Å². The Morgan fingerprint density at radius 3 is 2.57 bits per heavy atom. The minimum absolute atomic E-state index is 0.0300. The number of benzene rings is 3. The van der Waals surface area contributed by atoms with Gasteiger partial charge in [0.05, 0.1) is 11.8 Å². The zero-order valence-electron chi connectivity index (χ0n) is 15.6. The SMILES string of the molecule is O=C(N/N=C/c1cccc(OCc2ccccc2C(F)(F)F)c1)c1cccc(O)c1. The Bertz CT molecular complexity index is 1070. The second-order valence-corrected chi connectivity index (χ2v) is 6.27. The maximum absolute atomic E-state index is 13.1. The lowest BCUT2D eigenvalue weighted by atomic mass is 10.1. The highest BCUT2D eigenvalue weighted by atomic mass is 19.4. The van der Waals surface area contributed by atoms with Gasteiger partial charge in [-0.05, 0) is 42.0 Å². The Kier molecular flexibility index (Phi) is 6.36. The predicted molar refractivity (Wildman–Crippen MR) is 105 cm³/mol. The largest absolute Gasteiger partial charge is 0.508 e. The van der Waals surface area contributed by atoms with Gasteiger partial charge < -0.3 is 9.84 Å². The number of hydrazone groups is 1. The first kappa shape index (κ1) is 20.9. The molecule has 0 spiro atoms. The van der Waals surface area contributed by atoms with E-state index < -0.39 is 17.6 Å². The third-order valence-electron chi connectivity index (χ3n) is 4.06. The summed E-state index contributed by atoms with van der Waals surface area (Å²) >= 11 is 0. The van der Waals surface area contributed by atoms with Crippen LogP contribution in [-0.4, -0.2) is 17.2 Å². The number of rotatable bonds is 6. The van der Waals surface area contributed by atoms with E-state index in [2.05, 4.69) is 10.5 Å². The van der Waals surface area contributed by atoms with Crippen molar-refractivity contribution in [3.63, 3.8) is 0 Å². The Balaban J connectivity index is 1.63. The van der Waals surface area contributed by atoms with Crippen LogP contribution in [0.15, 0.2) is 77.9 Å². The van der Waals surface area contributed by atoms with Crippen LogP contribution in [0.25, 0.3) is 0 Å². The van der Waals surface area contributed by atoms with Crippen LogP contribution in [0, 0.1) is 0 Å². The summed E-state index contributed by atoms with van der Waals surface area (Å²) in [7, 11) is 0. The number of hydrogen-bond acceptors (Lipinski definition) is 4. The molecule has 0 heterocycles. The molecule has 0 radical (unpaired) electrons. The predicted octanol–water partition coefficient (Wildman–Crippen LogP) is 4.75. The van der Waals surface area contributed by atoms with Crippen molar-refractivity contribution in [3.8, 4) is 11.5 Å². The molecule has 0 aliphatic carbocycles. The van der Waals surface area contributed by atoms with Crippen molar-refractivity contribution in [1.82, 2.24) is 5.43 Å². The summed E-state index contributed by atoms with van der Waals surface area (Å²) in [4.78, 5) is 12.0. The van der Waals surface area contributed by atoms with E-state index in [9.17, 15) is 23.1 Å². The second kappa shape index (κ2) is 9.13. The quantitative estimate of drug-likeness (QED) is 0.452. The molecule has 3 rings (SSSR count). The Morgan fingerprint density at radius 2 is 1.80 bits per heavy atom. The number of carbonyl (C=O) groups is 1. The zero-order valence-corrected chi connectivity index (χ0v) is 15.6. The molecule has 3 aromatic rings. The van der Waals surface area contributed by atoms with E-state index in [0.29, 0.717) is 11.3 Å². The summed E-state index contributed by atoms with van der Waals surface area (Å²) in [5.41, 5.74) is 2.44. The van der Waals surface area contributed by atoms with E-state index in [0.717, 1.165) is 6.07 Å². The van der Waals surface area contributed by atoms with Gasteiger partial charge >= 0.3 is 6.18 Å². The highest BCUT2D eigenvalue weighted by Gasteiger charge is 2.32. The molecule has 0 atom stereocenters. The minimum Gasteiger partial charge on any atom is -0.508 e. The molecular formula is C22H17F3N2O3. The van der Waals surface area contributed by atoms with E-state index in [1.54, 1.807) is 24.3 Å². The van der Waals surface area contributed by atoms with Crippen LogP contribution >= 0.6 is 0 Å². The number of amides is 1. The van der Waals surface area contributed by atoms with Crippen LogP contribution in [0.5, 0.6) is 11.5 Å². The molecular weight excluding hydrogens is 397 g/mol. The molecule has 0 aliphatic rings. The van der Waals surface area contributed by atoms with Crippen LogP contribution in [0.3, 0.4) is 0 Å². The van der Waals surface area contributed by atoms with Gasteiger partial charge in [0.1, 0.15) is 18.1 Å². The number of hydrogen-bond donors (Lipinski definition) is 2. The molecule has 0 fully saturated rings. The van der Waals surface area contributed by atoms with Gasteiger partial charge in [-0.15, -0.1) is 0 Å². The highest BCUT2D eigenvalue weighted by molar-refractivity contribution is 5.95. The topological polar surface area (TPSA) is 70.9 Å². The maximum Gasteiger partial charge on any atom is 0.416 e. The van der Waals surface area contributed by atoms with Crippen molar-refractivity contribution < 1.29 is 27.8 Å². The van der Waals surface area contributed by atoms with E-state index in [-0.39, 0.29) is 23.5 Å². The fourth-order valence-electron chi connectivity index (χ4n) is 2.65. The van der Waals surface area contributed by atoms with Crippen LogP contribution in [-0.2, 0) is 12.8 Å². The van der Waals surface area contributed by atoms with Gasteiger partial charge in [0, 0.05) is 11.1 Å². The number of halogens is 3. The summed E-state index contributed by atoms with van der Waals surface area (Å²) < 4.78 is 44.7. The molecule has 0 unspecified atom stereocenters. The number of nitrogens with zero attached hydrogens (tertiary/aromatic N) is 1. The maximum atomic E-state index is 13.1. The van der Waals surface area contributed by atoms with Crippen LogP contribution in [0.1, 0.15) is 27.0 Å². The molecule has 0 saturated heterocycles. The molecule has 0 bridgehead atoms. The molecule has 0 aromatic heterocycles. The average Bonchev–Trinajstić information content (AvgIpc) is 2.72. The average molecular weight is 414 g/mol. The molecule has 5 nitrogen and oxygen atoms in total. The van der Waals surface area contributed by atoms with Crippen LogP contribution in [0.4, 0.5) is 13.2 Å². The highest BCUT2D eigenvalue weighted by Crippen LogP contribution is 2.32. The first-order valence-electron chi connectivity index (χ1n) is 8.83. The standard InChI is InChI=1S/C22H17F3N2O3/c23-22(24,25)20-10-2-1-6-17(20)14-30-19-9-3-5-15(11-19)13-26-27-21(29)16-7-4-8-18(28)12-16/h1-13,28H,14H2,(H,27,29)/b26-13+. The smallest absolute Gasteiger partial charge is 0.416 e. The second-order valence-electron chi connectivity index (χ2n) is 6.27. The Labute approximate surface area is 170 Å². The zero-order chi connectivity index (χ0) is 21.6. The summed E-state index contributed by atoms with van der Waals surface area (Å²) in [5, 5.41) is 13.2. The molecule has 30 heavy (non-hydrogen) atoms. The van der Waals surface area contributed by atoms with Gasteiger partial charge in [0.15, 0.2) is 0 Å². The van der Waals surface area contributed by atoms with Gasteiger partial charge in [0.2, 0.25) is 0 Å². The molecule has 1 amide bonds. The normalized spacial score (nSPS) is 11.4. The number of phenolic OH excluding ortho intramolecular Hbond substituents is 1. The first-order valence-corrected chi connectivity index (χ1v) is 8.83. The Morgan fingerprint density at radius 1 is 1.03 bits per heavy atom. The number of alkyl halides is 3. The first-order chi connectivity index (χ1) is 14.3. The third-order valence-corrected chi connectivity index (χ3v) is 4.06. The number of aromatic hydroxyl groups is 1. The van der Waals surface area contributed by atoms with Crippen LogP contribution < -0.4 is 10.2 Å². The van der Waals surface area contributed by atoms with E-state index in [4.69, 9.17) is 4.74 Å². The Hall–Kier alpha value is -3.81. The van der Waals surface area contributed by atoms with Crippen molar-refractivity contribution in [2.24, 2.45) is 5.10 Å². The minimum atomic E-state index is -4.46. The van der Waals surface area contributed by atoms with Gasteiger partial charge in [-0.25, -0.2) is 5.43 Å². The summed E-state index contributed by atoms with van der Waals surface area (Å²) in [5.74, 6) is -0.183. The fraction of sp³-hybridized carbons (Fsp3) is 0.0909. The summed E-state index contributed by atoms with van der Waals surface area (Å²) in [6.07, 6.45) is -3.08. The summed E-state index contributed by atoms with van der Waals surface area (Å²) in [6.45, 7) is -0.246. The monoisotopic (exact) mass is 414 g/mol. The van der Waals surface area contributed by atoms with E-state index in [1.807, 2.05) is 0 Å². The van der Waals surface area contributed by atoms with Crippen molar-refractivity contribution >= 4 is 12.1 Å². The molecule has 8 heteroatoms. The van der Waals surface area contributed by atoms with Crippen molar-refractivity contribution in [2.75, 3.05) is 0 Å². The van der Waals surface area contributed by atoms with Crippen molar-refractivity contribution in [2.45, 2.75) is 12.8 Å².